The summed E-state index contributed by atoms with van der Waals surface area (Å²) >= 11 is 0. The molecule has 0 saturated heterocycles. The number of aromatic nitrogens is 4. The summed E-state index contributed by atoms with van der Waals surface area (Å²) in [5, 5.41) is 7.59. The van der Waals surface area contributed by atoms with Crippen molar-refractivity contribution in [1.82, 2.24) is 19.9 Å². The summed E-state index contributed by atoms with van der Waals surface area (Å²) in [5.74, 6) is 1.79. The molecule has 3 aromatic heterocycles. The van der Waals surface area contributed by atoms with Gasteiger partial charge in [-0.3, -0.25) is 4.98 Å². The molecule has 3 heterocycles. The van der Waals surface area contributed by atoms with E-state index in [-0.39, 0.29) is 0 Å². The maximum atomic E-state index is 6.57. The molecule has 0 saturated carbocycles. The van der Waals surface area contributed by atoms with Gasteiger partial charge in [-0.25, -0.2) is 15.0 Å². The largest absolute Gasteiger partial charge is 0.455 e. The normalized spacial score (nSPS) is 11.7. The molecule has 0 atom stereocenters. The Hall–Kier alpha value is -6.72. The third-order valence-corrected chi connectivity index (χ3v) is 9.35. The van der Waals surface area contributed by atoms with E-state index in [0.29, 0.717) is 17.5 Å². The quantitative estimate of drug-likeness (QED) is 0.182. The van der Waals surface area contributed by atoms with Crippen LogP contribution >= 0.6 is 0 Å². The Kier molecular flexibility index (Phi) is 6.11. The summed E-state index contributed by atoms with van der Waals surface area (Å²) < 4.78 is 6.57. The van der Waals surface area contributed by atoms with Gasteiger partial charge in [-0.15, -0.1) is 0 Å². The van der Waals surface area contributed by atoms with Crippen molar-refractivity contribution in [3.63, 3.8) is 0 Å². The highest BCUT2D eigenvalue weighted by Gasteiger charge is 2.20. The molecule has 0 unspecified atom stereocenters. The van der Waals surface area contributed by atoms with Gasteiger partial charge >= 0.3 is 0 Å². The second-order valence-electron chi connectivity index (χ2n) is 12.2. The molecular weight excluding hydrogens is 601 g/mol. The van der Waals surface area contributed by atoms with Crippen molar-refractivity contribution in [2.75, 3.05) is 0 Å². The first-order valence-electron chi connectivity index (χ1n) is 16.3. The van der Waals surface area contributed by atoms with Crippen LogP contribution in [0.15, 0.2) is 162 Å². The fourth-order valence-electron chi connectivity index (χ4n) is 7.01. The number of hydrogen-bond donors (Lipinski definition) is 0. The maximum Gasteiger partial charge on any atom is 0.164 e. The summed E-state index contributed by atoms with van der Waals surface area (Å²) in [6.07, 6.45) is 1.96. The second-order valence-corrected chi connectivity index (χ2v) is 12.2. The van der Waals surface area contributed by atoms with Crippen molar-refractivity contribution in [3.05, 3.63) is 158 Å². The lowest BCUT2D eigenvalue weighted by Crippen LogP contribution is -2.00. The molecule has 0 fully saturated rings. The molecule has 10 rings (SSSR count). The van der Waals surface area contributed by atoms with Crippen LogP contribution in [0, 0.1) is 0 Å². The molecule has 7 aromatic carbocycles. The molecule has 0 amide bonds. The Balaban J connectivity index is 1.21. The van der Waals surface area contributed by atoms with Crippen LogP contribution in [0.1, 0.15) is 0 Å². The maximum absolute atomic E-state index is 6.57. The minimum atomic E-state index is 0.587. The van der Waals surface area contributed by atoms with Gasteiger partial charge in [0.05, 0.1) is 5.52 Å². The van der Waals surface area contributed by atoms with Gasteiger partial charge in [0.15, 0.2) is 17.5 Å². The minimum absolute atomic E-state index is 0.587. The summed E-state index contributed by atoms with van der Waals surface area (Å²) in [6.45, 7) is 0. The SMILES string of the molecule is c1ccc(-c2nc(-c3ccc4ccc5c6ccccc6cnc5c4c3)nc(-c3cccc4oc5c(-c6ccccc6)cccc5c34)n2)cc1. The molecule has 0 aliphatic rings. The molecular formula is C44H26N4O. The number of para-hydroxylation sites is 1. The van der Waals surface area contributed by atoms with Crippen molar-refractivity contribution in [3.8, 4) is 45.3 Å². The van der Waals surface area contributed by atoms with Crippen molar-refractivity contribution in [1.29, 1.82) is 0 Å². The van der Waals surface area contributed by atoms with Crippen LogP contribution in [-0.4, -0.2) is 19.9 Å². The van der Waals surface area contributed by atoms with Gasteiger partial charge in [-0.2, -0.15) is 0 Å². The fraction of sp³-hybridized carbons (Fsp3) is 0. The van der Waals surface area contributed by atoms with E-state index >= 15 is 0 Å². The van der Waals surface area contributed by atoms with E-state index in [1.54, 1.807) is 0 Å². The van der Waals surface area contributed by atoms with E-state index in [1.165, 1.54) is 5.39 Å². The Morgan fingerprint density at radius 1 is 0.408 bits per heavy atom. The van der Waals surface area contributed by atoms with E-state index in [9.17, 15) is 0 Å². The zero-order valence-corrected chi connectivity index (χ0v) is 26.2. The summed E-state index contributed by atoms with van der Waals surface area (Å²) in [4.78, 5) is 20.2. The third-order valence-electron chi connectivity index (χ3n) is 9.35. The minimum Gasteiger partial charge on any atom is -0.455 e. The summed E-state index contributed by atoms with van der Waals surface area (Å²) in [5.41, 5.74) is 7.44. The average molecular weight is 627 g/mol. The predicted molar refractivity (Wildman–Crippen MR) is 199 cm³/mol. The lowest BCUT2D eigenvalue weighted by Gasteiger charge is -2.11. The number of benzene rings is 7. The van der Waals surface area contributed by atoms with Crippen LogP contribution in [0.25, 0.3) is 99.7 Å². The highest BCUT2D eigenvalue weighted by atomic mass is 16.3. The van der Waals surface area contributed by atoms with E-state index < -0.39 is 0 Å². The second kappa shape index (κ2) is 10.9. The van der Waals surface area contributed by atoms with Gasteiger partial charge in [-0.1, -0.05) is 140 Å². The molecule has 10 aromatic rings. The highest BCUT2D eigenvalue weighted by molar-refractivity contribution is 6.16. The number of rotatable bonds is 4. The molecule has 228 valence electrons. The fourth-order valence-corrected chi connectivity index (χ4v) is 7.01. The third kappa shape index (κ3) is 4.48. The Labute approximate surface area is 281 Å². The van der Waals surface area contributed by atoms with Crippen molar-refractivity contribution < 1.29 is 4.42 Å². The molecule has 49 heavy (non-hydrogen) atoms. The monoisotopic (exact) mass is 626 g/mol. The lowest BCUT2D eigenvalue weighted by atomic mass is 9.99. The first-order valence-corrected chi connectivity index (χ1v) is 16.3. The molecule has 0 radical (unpaired) electrons. The molecule has 0 spiro atoms. The van der Waals surface area contributed by atoms with Crippen molar-refractivity contribution in [2.24, 2.45) is 0 Å². The lowest BCUT2D eigenvalue weighted by molar-refractivity contribution is 0.670. The van der Waals surface area contributed by atoms with Crippen LogP contribution in [0.3, 0.4) is 0 Å². The smallest absolute Gasteiger partial charge is 0.164 e. The van der Waals surface area contributed by atoms with E-state index in [0.717, 1.165) is 76.8 Å². The average Bonchev–Trinajstić information content (AvgIpc) is 3.57. The first-order chi connectivity index (χ1) is 24.3. The van der Waals surface area contributed by atoms with Gasteiger partial charge in [0.2, 0.25) is 0 Å². The van der Waals surface area contributed by atoms with Crippen LogP contribution < -0.4 is 0 Å². The van der Waals surface area contributed by atoms with E-state index in [2.05, 4.69) is 84.9 Å². The number of pyridine rings is 1. The predicted octanol–water partition coefficient (Wildman–Crippen LogP) is 11.3. The van der Waals surface area contributed by atoms with Gasteiger partial charge < -0.3 is 4.42 Å². The number of fused-ring (bicyclic) bond motifs is 8. The van der Waals surface area contributed by atoms with Crippen LogP contribution in [0.5, 0.6) is 0 Å². The van der Waals surface area contributed by atoms with E-state index in [4.69, 9.17) is 24.4 Å². The standard InChI is InChI=1S/C44H26N4O/c1-3-11-27(12-4-1)33-17-9-18-35-39-36(19-10-20-38(39)49-41(33)35)44-47-42(29-13-5-2-6-14-29)46-43(48-44)30-22-21-28-23-24-34-32-16-8-7-15-31(32)26-45-40(34)37(28)25-30/h1-26H. The molecule has 0 aliphatic heterocycles. The van der Waals surface area contributed by atoms with Crippen LogP contribution in [0.4, 0.5) is 0 Å². The molecule has 0 bridgehead atoms. The zero-order valence-electron chi connectivity index (χ0n) is 26.2. The van der Waals surface area contributed by atoms with Crippen molar-refractivity contribution in [2.45, 2.75) is 0 Å². The van der Waals surface area contributed by atoms with Gasteiger partial charge in [-0.05, 0) is 28.5 Å². The Morgan fingerprint density at radius 3 is 1.94 bits per heavy atom. The molecule has 0 N–H and O–H groups in total. The summed E-state index contributed by atoms with van der Waals surface area (Å²) in [6, 6.07) is 51.9. The van der Waals surface area contributed by atoms with E-state index in [1.807, 2.05) is 72.9 Å². The molecule has 5 nitrogen and oxygen atoms in total. The zero-order chi connectivity index (χ0) is 32.3. The number of furan rings is 1. The Morgan fingerprint density at radius 2 is 1.08 bits per heavy atom. The van der Waals surface area contributed by atoms with Gasteiger partial charge in [0.25, 0.3) is 0 Å². The molecule has 0 aliphatic carbocycles. The van der Waals surface area contributed by atoms with Gasteiger partial charge in [0.1, 0.15) is 11.2 Å². The van der Waals surface area contributed by atoms with Crippen LogP contribution in [-0.2, 0) is 0 Å². The number of hydrogen-bond acceptors (Lipinski definition) is 5. The topological polar surface area (TPSA) is 64.7 Å². The van der Waals surface area contributed by atoms with Crippen molar-refractivity contribution >= 4 is 54.4 Å². The first kappa shape index (κ1) is 27.4. The van der Waals surface area contributed by atoms with Gasteiger partial charge in [0, 0.05) is 55.4 Å². The highest BCUT2D eigenvalue weighted by Crippen LogP contribution is 2.40. The molecule has 5 heteroatoms. The summed E-state index contributed by atoms with van der Waals surface area (Å²) in [7, 11) is 0. The van der Waals surface area contributed by atoms with Crippen LogP contribution in [0.2, 0.25) is 0 Å². The number of nitrogens with zero attached hydrogens (tertiary/aromatic N) is 4. The Bertz CT molecular complexity index is 2880.